The molecule has 0 atom stereocenters. The summed E-state index contributed by atoms with van der Waals surface area (Å²) < 4.78 is 73.5. The lowest BCUT2D eigenvalue weighted by atomic mass is 9.83. The largest absolute Gasteiger partial charge is 0.481 e. The highest BCUT2D eigenvalue weighted by molar-refractivity contribution is 7.89. The summed E-state index contributed by atoms with van der Waals surface area (Å²) >= 11 is 0. The van der Waals surface area contributed by atoms with Crippen molar-refractivity contribution in [2.24, 2.45) is 0 Å². The molecule has 7 nitrogen and oxygen atoms in total. The van der Waals surface area contributed by atoms with E-state index in [4.69, 9.17) is 4.42 Å². The van der Waals surface area contributed by atoms with E-state index in [2.05, 4.69) is 4.98 Å². The fourth-order valence-corrected chi connectivity index (χ4v) is 6.52. The van der Waals surface area contributed by atoms with Crippen LogP contribution >= 0.6 is 0 Å². The van der Waals surface area contributed by atoms with Gasteiger partial charge in [-0.25, -0.2) is 8.42 Å². The Hall–Kier alpha value is -3.96. The number of furan rings is 1. The van der Waals surface area contributed by atoms with Crippen LogP contribution in [0.4, 0.5) is 13.2 Å². The number of halogens is 3. The minimum absolute atomic E-state index is 0.00909. The molecule has 2 aromatic carbocycles. The molecule has 4 rings (SSSR count). The van der Waals surface area contributed by atoms with Crippen molar-refractivity contribution in [2.75, 3.05) is 0 Å². The molecule has 0 aliphatic heterocycles. The van der Waals surface area contributed by atoms with Gasteiger partial charge < -0.3 is 9.52 Å². The first kappa shape index (κ1) is 31.0. The maximum absolute atomic E-state index is 13.9. The van der Waals surface area contributed by atoms with Crippen molar-refractivity contribution in [3.63, 3.8) is 0 Å². The van der Waals surface area contributed by atoms with Crippen molar-refractivity contribution in [1.29, 1.82) is 0 Å². The third-order valence-electron chi connectivity index (χ3n) is 7.09. The fourth-order valence-electron chi connectivity index (χ4n) is 4.76. The molecule has 0 saturated carbocycles. The average Bonchev–Trinajstić information content (AvgIpc) is 3.37. The van der Waals surface area contributed by atoms with Crippen molar-refractivity contribution < 1.29 is 35.9 Å². The number of pyridine rings is 1. The van der Waals surface area contributed by atoms with Crippen LogP contribution in [0, 0.1) is 20.8 Å². The molecule has 0 aliphatic rings. The lowest BCUT2D eigenvalue weighted by Gasteiger charge is -2.24. The Balaban J connectivity index is 1.69. The van der Waals surface area contributed by atoms with Crippen molar-refractivity contribution >= 4 is 16.0 Å². The van der Waals surface area contributed by atoms with Crippen LogP contribution in [-0.4, -0.2) is 28.8 Å². The van der Waals surface area contributed by atoms with E-state index in [0.29, 0.717) is 22.4 Å². The number of sulfonamides is 1. The minimum Gasteiger partial charge on any atom is -0.481 e. The summed E-state index contributed by atoms with van der Waals surface area (Å²) in [6.07, 6.45) is -4.71. The quantitative estimate of drug-likeness (QED) is 0.221. The summed E-state index contributed by atoms with van der Waals surface area (Å²) in [5.41, 5.74) is 3.08. The van der Waals surface area contributed by atoms with E-state index in [0.717, 1.165) is 27.6 Å². The molecule has 0 saturated heterocycles. The number of carboxylic acid groups (broad SMARTS) is 1. The van der Waals surface area contributed by atoms with Gasteiger partial charge >= 0.3 is 12.1 Å². The summed E-state index contributed by atoms with van der Waals surface area (Å²) in [6, 6.07) is 17.7. The Labute approximate surface area is 242 Å². The number of rotatable bonds is 9. The molecule has 2 heterocycles. The van der Waals surface area contributed by atoms with Crippen LogP contribution in [0.2, 0.25) is 0 Å². The number of alkyl halides is 3. The summed E-state index contributed by atoms with van der Waals surface area (Å²) in [5.74, 6) is -2.32. The van der Waals surface area contributed by atoms with E-state index in [9.17, 15) is 31.5 Å². The molecule has 0 amide bonds. The Bertz CT molecular complexity index is 1700. The number of nitrogens with zero attached hydrogens (tertiary/aromatic N) is 2. The molecule has 4 aromatic rings. The van der Waals surface area contributed by atoms with Gasteiger partial charge in [0.05, 0.1) is 17.7 Å². The molecule has 0 bridgehead atoms. The predicted molar refractivity (Wildman–Crippen MR) is 151 cm³/mol. The number of aliphatic carboxylic acids is 1. The lowest BCUT2D eigenvalue weighted by Crippen LogP contribution is -2.31. The van der Waals surface area contributed by atoms with Gasteiger partial charge in [0.2, 0.25) is 15.8 Å². The van der Waals surface area contributed by atoms with Crippen molar-refractivity contribution in [3.8, 4) is 11.1 Å². The van der Waals surface area contributed by atoms with Crippen molar-refractivity contribution in [1.82, 2.24) is 9.29 Å². The average molecular weight is 601 g/mol. The Morgan fingerprint density at radius 1 is 0.929 bits per heavy atom. The molecule has 0 aliphatic carbocycles. The first-order chi connectivity index (χ1) is 19.5. The second kappa shape index (κ2) is 11.4. The third-order valence-corrected chi connectivity index (χ3v) is 9.16. The number of aryl methyl sites for hydroxylation is 3. The van der Waals surface area contributed by atoms with E-state index >= 15 is 0 Å². The second-order valence-corrected chi connectivity index (χ2v) is 12.6. The molecule has 42 heavy (non-hydrogen) atoms. The Kier molecular flexibility index (Phi) is 8.39. The Morgan fingerprint density at radius 2 is 1.60 bits per heavy atom. The third kappa shape index (κ3) is 6.42. The number of benzene rings is 2. The summed E-state index contributed by atoms with van der Waals surface area (Å²) in [5, 5.41) is 9.60. The van der Waals surface area contributed by atoms with Crippen LogP contribution in [0.3, 0.4) is 0 Å². The van der Waals surface area contributed by atoms with Gasteiger partial charge in [-0.1, -0.05) is 48.5 Å². The molecule has 0 radical (unpaired) electrons. The highest BCUT2D eigenvalue weighted by Gasteiger charge is 2.36. The summed E-state index contributed by atoms with van der Waals surface area (Å²) in [7, 11) is -4.22. The molecule has 2 aromatic heterocycles. The zero-order valence-corrected chi connectivity index (χ0v) is 24.6. The first-order valence-corrected chi connectivity index (χ1v) is 14.5. The highest BCUT2D eigenvalue weighted by atomic mass is 32.2. The van der Waals surface area contributed by atoms with Gasteiger partial charge in [-0.05, 0) is 80.6 Å². The monoisotopic (exact) mass is 600 g/mol. The van der Waals surface area contributed by atoms with Crippen LogP contribution in [0.5, 0.6) is 0 Å². The number of carbonyl (C=O) groups is 1. The van der Waals surface area contributed by atoms with E-state index in [1.54, 1.807) is 83.1 Å². The second-order valence-electron chi connectivity index (χ2n) is 10.7. The van der Waals surface area contributed by atoms with Crippen molar-refractivity contribution in [3.05, 3.63) is 106 Å². The van der Waals surface area contributed by atoms with Gasteiger partial charge in [0, 0.05) is 12.2 Å². The van der Waals surface area contributed by atoms with Gasteiger partial charge in [-0.3, -0.25) is 9.78 Å². The lowest BCUT2D eigenvalue weighted by molar-refractivity contribution is -0.153. The molecule has 0 fully saturated rings. The molecule has 0 unspecified atom stereocenters. The molecule has 222 valence electrons. The minimum atomic E-state index is -4.71. The molecular weight excluding hydrogens is 569 g/mol. The van der Waals surface area contributed by atoms with Gasteiger partial charge in [0.15, 0.2) is 0 Å². The van der Waals surface area contributed by atoms with Gasteiger partial charge in [-0.2, -0.15) is 17.5 Å². The van der Waals surface area contributed by atoms with Crippen molar-refractivity contribution in [2.45, 2.75) is 64.2 Å². The summed E-state index contributed by atoms with van der Waals surface area (Å²) in [4.78, 5) is 16.0. The SMILES string of the molecule is Cc1cc(C)c(S(=O)(=O)N(Cc2ccc(-c3cccc(C(C)(C)C(=O)O)c3)cc2)Cc2ccc(C(F)(F)F)o2)c(C)n1. The van der Waals surface area contributed by atoms with Crippen LogP contribution in [0.1, 0.15) is 53.4 Å². The molecule has 11 heteroatoms. The van der Waals surface area contributed by atoms with Crippen LogP contribution in [0.15, 0.2) is 76.0 Å². The molecular formula is C31H31F3N2O5S. The van der Waals surface area contributed by atoms with Crippen LogP contribution in [0.25, 0.3) is 11.1 Å². The molecule has 0 spiro atoms. The fraction of sp³-hybridized carbons (Fsp3) is 0.290. The van der Waals surface area contributed by atoms with Gasteiger partial charge in [0.25, 0.3) is 0 Å². The van der Waals surface area contributed by atoms with E-state index in [1.807, 2.05) is 6.07 Å². The van der Waals surface area contributed by atoms with Crippen LogP contribution < -0.4 is 0 Å². The standard InChI is InChI=1S/C31H31F3N2O5S/c1-19-15-20(2)35-21(3)28(19)42(39,40)36(18-26-13-14-27(41-26)31(32,33)34)17-22-9-11-23(12-10-22)24-7-6-8-25(16-24)30(4,5)29(37)38/h6-16H,17-18H2,1-5H3,(H,37,38). The number of hydrogen-bond acceptors (Lipinski definition) is 5. The number of hydrogen-bond donors (Lipinski definition) is 1. The maximum atomic E-state index is 13.9. The number of carboxylic acids is 1. The smallest absolute Gasteiger partial charge is 0.449 e. The van der Waals surface area contributed by atoms with E-state index in [1.165, 1.54) is 0 Å². The maximum Gasteiger partial charge on any atom is 0.449 e. The topological polar surface area (TPSA) is 101 Å². The van der Waals surface area contributed by atoms with Gasteiger partial charge in [0.1, 0.15) is 10.7 Å². The summed E-state index contributed by atoms with van der Waals surface area (Å²) in [6.45, 7) is 7.63. The van der Waals surface area contributed by atoms with Gasteiger partial charge in [-0.15, -0.1) is 0 Å². The van der Waals surface area contributed by atoms with E-state index < -0.39 is 39.9 Å². The van der Waals surface area contributed by atoms with E-state index in [-0.39, 0.29) is 22.9 Å². The van der Waals surface area contributed by atoms with Crippen LogP contribution in [-0.2, 0) is 39.5 Å². The molecule has 1 N–H and O–H groups in total. The number of aromatic nitrogens is 1. The first-order valence-electron chi connectivity index (χ1n) is 13.0. The zero-order valence-electron chi connectivity index (χ0n) is 23.8. The zero-order chi connectivity index (χ0) is 31.0. The highest BCUT2D eigenvalue weighted by Crippen LogP contribution is 2.33. The Morgan fingerprint density at radius 3 is 2.17 bits per heavy atom. The normalized spacial score (nSPS) is 12.6. The predicted octanol–water partition coefficient (Wildman–Crippen LogP) is 7.04.